The summed E-state index contributed by atoms with van der Waals surface area (Å²) < 4.78 is 26.1. The van der Waals surface area contributed by atoms with Crippen LogP contribution >= 0.6 is 0 Å². The van der Waals surface area contributed by atoms with Crippen LogP contribution < -0.4 is 10.0 Å². The molecule has 0 aliphatic heterocycles. The van der Waals surface area contributed by atoms with E-state index >= 15 is 0 Å². The maximum absolute atomic E-state index is 11.9. The highest BCUT2D eigenvalue weighted by atomic mass is 32.2. The predicted octanol–water partition coefficient (Wildman–Crippen LogP) is 0.757. The van der Waals surface area contributed by atoms with Gasteiger partial charge in [-0.25, -0.2) is 18.1 Å². The van der Waals surface area contributed by atoms with Crippen molar-refractivity contribution in [1.29, 1.82) is 0 Å². The number of hydrogen-bond acceptors (Lipinski definition) is 5. The Bertz CT molecular complexity index is 640. The molecule has 3 N–H and O–H groups in total. The minimum atomic E-state index is -3.45. The number of hydrogen-bond donors (Lipinski definition) is 3. The summed E-state index contributed by atoms with van der Waals surface area (Å²) in [4.78, 5) is 4.28. The van der Waals surface area contributed by atoms with Crippen LogP contribution in [0.2, 0.25) is 0 Å². The molecule has 108 valence electrons. The molecule has 2 aromatic rings. The van der Waals surface area contributed by atoms with Gasteiger partial charge in [0.25, 0.3) is 0 Å². The molecular weight excluding hydrogens is 278 g/mol. The number of aromatic nitrogens is 3. The standard InChI is InChI=1S/C12H17N5O2S/c1-13-20(18,19)11-6-3-2-5-10(11)14-8-4-7-12-15-9-16-17-12/h2-3,5-6,9,13-14H,4,7-8H2,1H3,(H,15,16,17). The van der Waals surface area contributed by atoms with Crippen LogP contribution in [-0.2, 0) is 16.4 Å². The first-order chi connectivity index (χ1) is 9.63. The zero-order chi connectivity index (χ0) is 14.4. The maximum Gasteiger partial charge on any atom is 0.242 e. The first-order valence-electron chi connectivity index (χ1n) is 6.24. The minimum absolute atomic E-state index is 0.252. The molecule has 0 atom stereocenters. The molecule has 0 unspecified atom stereocenters. The molecule has 8 heteroatoms. The fourth-order valence-electron chi connectivity index (χ4n) is 1.79. The van der Waals surface area contributed by atoms with Crippen molar-refractivity contribution in [3.05, 3.63) is 36.4 Å². The Morgan fingerprint density at radius 3 is 2.80 bits per heavy atom. The highest BCUT2D eigenvalue weighted by Gasteiger charge is 2.15. The number of aromatic amines is 1. The molecule has 0 aliphatic carbocycles. The van der Waals surface area contributed by atoms with Crippen LogP contribution in [0, 0.1) is 0 Å². The van der Waals surface area contributed by atoms with Crippen LogP contribution in [-0.4, -0.2) is 37.2 Å². The number of anilines is 1. The Hall–Kier alpha value is -1.93. The van der Waals surface area contributed by atoms with Crippen LogP contribution in [0.15, 0.2) is 35.5 Å². The lowest BCUT2D eigenvalue weighted by molar-refractivity contribution is 0.588. The van der Waals surface area contributed by atoms with Gasteiger partial charge in [0.2, 0.25) is 10.0 Å². The first-order valence-corrected chi connectivity index (χ1v) is 7.72. The molecule has 7 nitrogen and oxygen atoms in total. The van der Waals surface area contributed by atoms with Crippen LogP contribution in [0.4, 0.5) is 5.69 Å². The normalized spacial score (nSPS) is 11.4. The second-order valence-electron chi connectivity index (χ2n) is 4.17. The van der Waals surface area contributed by atoms with Crippen LogP contribution in [0.5, 0.6) is 0 Å². The lowest BCUT2D eigenvalue weighted by Gasteiger charge is -2.11. The van der Waals surface area contributed by atoms with E-state index in [0.717, 1.165) is 18.7 Å². The van der Waals surface area contributed by atoms with E-state index in [0.29, 0.717) is 12.2 Å². The lowest BCUT2D eigenvalue weighted by Crippen LogP contribution is -2.20. The van der Waals surface area contributed by atoms with Gasteiger partial charge in [-0.2, -0.15) is 5.10 Å². The van der Waals surface area contributed by atoms with Gasteiger partial charge in [-0.05, 0) is 25.6 Å². The van der Waals surface area contributed by atoms with Gasteiger partial charge in [0.1, 0.15) is 17.0 Å². The van der Waals surface area contributed by atoms with Gasteiger partial charge in [-0.15, -0.1) is 0 Å². The number of H-pyrrole nitrogens is 1. The zero-order valence-corrected chi connectivity index (χ0v) is 11.9. The number of aryl methyl sites for hydroxylation is 1. The van der Waals surface area contributed by atoms with Crippen LogP contribution in [0.25, 0.3) is 0 Å². The Balaban J connectivity index is 1.96. The van der Waals surface area contributed by atoms with Crippen LogP contribution in [0.1, 0.15) is 12.2 Å². The second kappa shape index (κ2) is 6.49. The number of benzene rings is 1. The van der Waals surface area contributed by atoms with Gasteiger partial charge in [-0.1, -0.05) is 12.1 Å². The monoisotopic (exact) mass is 295 g/mol. The second-order valence-corrected chi connectivity index (χ2v) is 6.02. The van der Waals surface area contributed by atoms with Crippen molar-refractivity contribution in [1.82, 2.24) is 19.9 Å². The van der Waals surface area contributed by atoms with Crippen molar-refractivity contribution in [3.63, 3.8) is 0 Å². The molecule has 20 heavy (non-hydrogen) atoms. The smallest absolute Gasteiger partial charge is 0.242 e. The van der Waals surface area contributed by atoms with Crippen LogP contribution in [0.3, 0.4) is 0 Å². The molecular formula is C12H17N5O2S. The molecule has 2 rings (SSSR count). The number of para-hydroxylation sites is 1. The van der Waals surface area contributed by atoms with Gasteiger partial charge in [-0.3, -0.25) is 5.10 Å². The third-order valence-electron chi connectivity index (χ3n) is 2.82. The van der Waals surface area contributed by atoms with Gasteiger partial charge in [0, 0.05) is 13.0 Å². The number of rotatable bonds is 7. The third kappa shape index (κ3) is 3.55. The Kier molecular flexibility index (Phi) is 4.70. The van der Waals surface area contributed by atoms with E-state index in [2.05, 4.69) is 25.2 Å². The summed E-state index contributed by atoms with van der Waals surface area (Å²) in [6.45, 7) is 0.650. The minimum Gasteiger partial charge on any atom is -0.384 e. The Morgan fingerprint density at radius 2 is 2.10 bits per heavy atom. The van der Waals surface area contributed by atoms with E-state index < -0.39 is 10.0 Å². The van der Waals surface area contributed by atoms with Gasteiger partial charge >= 0.3 is 0 Å². The first kappa shape index (κ1) is 14.5. The molecule has 1 aromatic carbocycles. The zero-order valence-electron chi connectivity index (χ0n) is 11.1. The van der Waals surface area contributed by atoms with Crippen molar-refractivity contribution in [3.8, 4) is 0 Å². The molecule has 0 fully saturated rings. The quantitative estimate of drug-likeness (QED) is 0.655. The van der Waals surface area contributed by atoms with Crippen molar-refractivity contribution in [2.24, 2.45) is 0 Å². The van der Waals surface area contributed by atoms with Crippen molar-refractivity contribution >= 4 is 15.7 Å². The van der Waals surface area contributed by atoms with Gasteiger partial charge in [0.15, 0.2) is 0 Å². The average molecular weight is 295 g/mol. The Morgan fingerprint density at radius 1 is 1.30 bits per heavy atom. The molecule has 0 amide bonds. The highest BCUT2D eigenvalue weighted by molar-refractivity contribution is 7.89. The largest absolute Gasteiger partial charge is 0.384 e. The summed E-state index contributed by atoms with van der Waals surface area (Å²) in [5.41, 5.74) is 0.597. The van der Waals surface area contributed by atoms with Crippen molar-refractivity contribution < 1.29 is 8.42 Å². The van der Waals surface area contributed by atoms with E-state index in [4.69, 9.17) is 0 Å². The fourth-order valence-corrected chi connectivity index (χ4v) is 2.69. The van der Waals surface area contributed by atoms with Gasteiger partial charge < -0.3 is 5.32 Å². The van der Waals surface area contributed by atoms with E-state index in [1.54, 1.807) is 24.3 Å². The maximum atomic E-state index is 11.9. The molecule has 0 saturated heterocycles. The predicted molar refractivity (Wildman–Crippen MR) is 75.9 cm³/mol. The molecule has 0 bridgehead atoms. The number of nitrogens with zero attached hydrogens (tertiary/aromatic N) is 2. The van der Waals surface area contributed by atoms with E-state index in [9.17, 15) is 8.42 Å². The summed E-state index contributed by atoms with van der Waals surface area (Å²) in [7, 11) is -2.05. The number of sulfonamides is 1. The molecule has 1 aromatic heterocycles. The average Bonchev–Trinajstić information content (AvgIpc) is 2.97. The number of nitrogens with one attached hydrogen (secondary N) is 3. The summed E-state index contributed by atoms with van der Waals surface area (Å²) in [5, 5.41) is 9.69. The highest BCUT2D eigenvalue weighted by Crippen LogP contribution is 2.20. The molecule has 0 aliphatic rings. The summed E-state index contributed by atoms with van der Waals surface area (Å²) in [6.07, 6.45) is 3.05. The van der Waals surface area contributed by atoms with Crippen molar-refractivity contribution in [2.45, 2.75) is 17.7 Å². The molecule has 0 saturated carbocycles. The molecule has 0 spiro atoms. The topological polar surface area (TPSA) is 99.8 Å². The summed E-state index contributed by atoms with van der Waals surface area (Å²) in [5.74, 6) is 0.822. The third-order valence-corrected chi connectivity index (χ3v) is 4.29. The van der Waals surface area contributed by atoms with Gasteiger partial charge in [0.05, 0.1) is 5.69 Å². The Labute approximate surface area is 117 Å². The van der Waals surface area contributed by atoms with E-state index in [-0.39, 0.29) is 4.90 Å². The fraction of sp³-hybridized carbons (Fsp3) is 0.333. The van der Waals surface area contributed by atoms with E-state index in [1.807, 2.05) is 0 Å². The molecule has 0 radical (unpaired) electrons. The SMILES string of the molecule is CNS(=O)(=O)c1ccccc1NCCCc1ncn[nH]1. The van der Waals surface area contributed by atoms with E-state index in [1.165, 1.54) is 13.4 Å². The molecule has 1 heterocycles. The summed E-state index contributed by atoms with van der Waals surface area (Å²) in [6, 6.07) is 6.82. The van der Waals surface area contributed by atoms with Crippen molar-refractivity contribution in [2.75, 3.05) is 18.9 Å². The summed E-state index contributed by atoms with van der Waals surface area (Å²) >= 11 is 0. The lowest BCUT2D eigenvalue weighted by atomic mass is 10.2.